The van der Waals surface area contributed by atoms with E-state index >= 15 is 0 Å². The van der Waals surface area contributed by atoms with Crippen LogP contribution in [-0.4, -0.2) is 16.5 Å². The summed E-state index contributed by atoms with van der Waals surface area (Å²) in [5.74, 6) is -0.433. The Morgan fingerprint density at radius 2 is 1.65 bits per heavy atom. The summed E-state index contributed by atoms with van der Waals surface area (Å²) in [6.45, 7) is 2.69. The number of benzene rings is 1. The minimum Gasteiger partial charge on any atom is -0.383 e. The van der Waals surface area contributed by atoms with Crippen molar-refractivity contribution in [3.8, 4) is 0 Å². The van der Waals surface area contributed by atoms with E-state index in [1.165, 1.54) is 26.0 Å². The van der Waals surface area contributed by atoms with E-state index in [2.05, 4.69) is 0 Å². The molecule has 0 aliphatic rings. The molecular weight excluding hydrogens is 233 g/mol. The zero-order valence-electron chi connectivity index (χ0n) is 9.51. The summed E-state index contributed by atoms with van der Waals surface area (Å²) < 4.78 is 36.8. The van der Waals surface area contributed by atoms with Crippen molar-refractivity contribution in [2.75, 3.05) is 0 Å². The molecule has 5 heteroatoms. The fourth-order valence-corrected chi connectivity index (χ4v) is 1.21. The van der Waals surface area contributed by atoms with Gasteiger partial charge in [-0.15, -0.1) is 0 Å². The van der Waals surface area contributed by atoms with Gasteiger partial charge in [-0.1, -0.05) is 12.1 Å². The Hall–Kier alpha value is -1.36. The van der Waals surface area contributed by atoms with Gasteiger partial charge in [0.05, 0.1) is 5.56 Å². The number of halogens is 3. The van der Waals surface area contributed by atoms with E-state index in [-0.39, 0.29) is 6.42 Å². The first-order valence-corrected chi connectivity index (χ1v) is 5.02. The molecule has 0 bridgehead atoms. The van der Waals surface area contributed by atoms with Gasteiger partial charge in [-0.25, -0.2) is 0 Å². The van der Waals surface area contributed by atoms with Crippen LogP contribution in [0.5, 0.6) is 0 Å². The van der Waals surface area contributed by atoms with Crippen LogP contribution in [-0.2, 0) is 17.4 Å². The van der Waals surface area contributed by atoms with E-state index in [9.17, 15) is 23.1 Å². The smallest absolute Gasteiger partial charge is 0.383 e. The molecule has 2 nitrogen and oxygen atoms in total. The highest BCUT2D eigenvalue weighted by molar-refractivity contribution is 5.88. The standard InChI is InChI=1S/C12H13F3O2/c1-11(2,17)10(16)7-8-3-5-9(6-4-8)12(13,14)15/h3-6,17H,7H2,1-2H3. The van der Waals surface area contributed by atoms with Crippen LogP contribution in [0.15, 0.2) is 24.3 Å². The molecule has 0 heterocycles. The highest BCUT2D eigenvalue weighted by Crippen LogP contribution is 2.29. The maximum absolute atomic E-state index is 12.3. The average Bonchev–Trinajstić information content (AvgIpc) is 2.15. The summed E-state index contributed by atoms with van der Waals surface area (Å²) in [7, 11) is 0. The van der Waals surface area contributed by atoms with Gasteiger partial charge >= 0.3 is 6.18 Å². The molecule has 17 heavy (non-hydrogen) atoms. The van der Waals surface area contributed by atoms with Crippen molar-refractivity contribution in [3.05, 3.63) is 35.4 Å². The molecule has 1 aromatic carbocycles. The summed E-state index contributed by atoms with van der Waals surface area (Å²) in [5.41, 5.74) is -1.77. The summed E-state index contributed by atoms with van der Waals surface area (Å²) in [4.78, 5) is 11.4. The number of hydrogen-bond donors (Lipinski definition) is 1. The summed E-state index contributed by atoms with van der Waals surface area (Å²) in [6.07, 6.45) is -4.46. The first-order chi connectivity index (χ1) is 7.60. The lowest BCUT2D eigenvalue weighted by molar-refractivity contribution is -0.137. The third kappa shape index (κ3) is 3.85. The number of aliphatic hydroxyl groups is 1. The SMILES string of the molecule is CC(C)(O)C(=O)Cc1ccc(C(F)(F)F)cc1. The number of hydrogen-bond acceptors (Lipinski definition) is 2. The van der Waals surface area contributed by atoms with Gasteiger partial charge in [-0.2, -0.15) is 13.2 Å². The Morgan fingerprint density at radius 3 is 2.00 bits per heavy atom. The van der Waals surface area contributed by atoms with Crippen molar-refractivity contribution >= 4 is 5.78 Å². The van der Waals surface area contributed by atoms with Crippen molar-refractivity contribution in [2.45, 2.75) is 32.0 Å². The average molecular weight is 246 g/mol. The Kier molecular flexibility index (Phi) is 3.62. The van der Waals surface area contributed by atoms with Crippen molar-refractivity contribution in [1.29, 1.82) is 0 Å². The first-order valence-electron chi connectivity index (χ1n) is 5.02. The van der Waals surface area contributed by atoms with Gasteiger partial charge in [0.25, 0.3) is 0 Å². The van der Waals surface area contributed by atoms with Crippen molar-refractivity contribution in [1.82, 2.24) is 0 Å². The number of carbonyl (C=O) groups excluding carboxylic acids is 1. The number of alkyl halides is 3. The second-order valence-corrected chi connectivity index (χ2v) is 4.35. The minimum atomic E-state index is -4.38. The second-order valence-electron chi connectivity index (χ2n) is 4.35. The van der Waals surface area contributed by atoms with Gasteiger partial charge < -0.3 is 5.11 Å². The molecule has 0 aliphatic carbocycles. The summed E-state index contributed by atoms with van der Waals surface area (Å²) >= 11 is 0. The van der Waals surface area contributed by atoms with E-state index in [0.717, 1.165) is 12.1 Å². The molecular formula is C12H13F3O2. The highest BCUT2D eigenvalue weighted by atomic mass is 19.4. The van der Waals surface area contributed by atoms with Crippen LogP contribution in [0.3, 0.4) is 0 Å². The van der Waals surface area contributed by atoms with Crippen LogP contribution in [0.2, 0.25) is 0 Å². The lowest BCUT2D eigenvalue weighted by Crippen LogP contribution is -2.32. The molecule has 0 aliphatic heterocycles. The van der Waals surface area contributed by atoms with Crippen LogP contribution in [0.25, 0.3) is 0 Å². The van der Waals surface area contributed by atoms with Crippen LogP contribution >= 0.6 is 0 Å². The van der Waals surface area contributed by atoms with Gasteiger partial charge in [-0.05, 0) is 31.5 Å². The van der Waals surface area contributed by atoms with Gasteiger partial charge in [0.2, 0.25) is 0 Å². The molecule has 0 saturated carbocycles. The first kappa shape index (κ1) is 13.7. The molecule has 94 valence electrons. The predicted molar refractivity (Wildman–Crippen MR) is 56.5 cm³/mol. The monoisotopic (exact) mass is 246 g/mol. The largest absolute Gasteiger partial charge is 0.416 e. The normalized spacial score (nSPS) is 12.6. The summed E-state index contributed by atoms with van der Waals surface area (Å²) in [5, 5.41) is 9.40. The van der Waals surface area contributed by atoms with Crippen LogP contribution in [0, 0.1) is 0 Å². The Labute approximate surface area is 97.1 Å². The minimum absolute atomic E-state index is 0.0817. The van der Waals surface area contributed by atoms with Crippen LogP contribution < -0.4 is 0 Å². The zero-order valence-corrected chi connectivity index (χ0v) is 9.51. The van der Waals surface area contributed by atoms with Gasteiger partial charge in [0.1, 0.15) is 5.60 Å². The third-order valence-electron chi connectivity index (χ3n) is 2.33. The van der Waals surface area contributed by atoms with E-state index in [1.807, 2.05) is 0 Å². The Morgan fingerprint density at radius 1 is 1.18 bits per heavy atom. The zero-order chi connectivity index (χ0) is 13.3. The third-order valence-corrected chi connectivity index (χ3v) is 2.33. The van der Waals surface area contributed by atoms with Crippen LogP contribution in [0.1, 0.15) is 25.0 Å². The number of Topliss-reactive ketones (excluding diaryl/α,β-unsaturated/α-hetero) is 1. The Bertz CT molecular complexity index is 399. The number of rotatable bonds is 3. The van der Waals surface area contributed by atoms with Crippen molar-refractivity contribution in [2.24, 2.45) is 0 Å². The van der Waals surface area contributed by atoms with Crippen LogP contribution in [0.4, 0.5) is 13.2 Å². The molecule has 0 fully saturated rings. The van der Waals surface area contributed by atoms with Gasteiger partial charge in [0, 0.05) is 6.42 Å². The lowest BCUT2D eigenvalue weighted by Gasteiger charge is -2.15. The van der Waals surface area contributed by atoms with Gasteiger partial charge in [-0.3, -0.25) is 4.79 Å². The fourth-order valence-electron chi connectivity index (χ4n) is 1.21. The fraction of sp³-hybridized carbons (Fsp3) is 0.417. The van der Waals surface area contributed by atoms with Crippen molar-refractivity contribution < 1.29 is 23.1 Å². The number of carbonyl (C=O) groups is 1. The molecule has 1 rings (SSSR count). The highest BCUT2D eigenvalue weighted by Gasteiger charge is 2.30. The quantitative estimate of drug-likeness (QED) is 0.890. The molecule has 1 aromatic rings. The molecule has 0 radical (unpaired) electrons. The molecule has 0 aromatic heterocycles. The topological polar surface area (TPSA) is 37.3 Å². The second kappa shape index (κ2) is 4.49. The summed E-state index contributed by atoms with van der Waals surface area (Å²) in [6, 6.07) is 4.33. The predicted octanol–water partition coefficient (Wildman–Crippen LogP) is 2.59. The van der Waals surface area contributed by atoms with Crippen molar-refractivity contribution in [3.63, 3.8) is 0 Å². The molecule has 1 N–H and O–H groups in total. The Balaban J connectivity index is 2.80. The lowest BCUT2D eigenvalue weighted by atomic mass is 9.97. The van der Waals surface area contributed by atoms with Gasteiger partial charge in [0.15, 0.2) is 5.78 Å². The molecule has 0 spiro atoms. The van der Waals surface area contributed by atoms with E-state index in [0.29, 0.717) is 5.56 Å². The molecule has 0 amide bonds. The number of ketones is 1. The van der Waals surface area contributed by atoms with E-state index < -0.39 is 23.1 Å². The molecule has 0 atom stereocenters. The maximum Gasteiger partial charge on any atom is 0.416 e. The maximum atomic E-state index is 12.3. The molecule has 0 unspecified atom stereocenters. The van der Waals surface area contributed by atoms with E-state index in [1.54, 1.807) is 0 Å². The molecule has 0 saturated heterocycles. The van der Waals surface area contributed by atoms with E-state index in [4.69, 9.17) is 0 Å².